The van der Waals surface area contributed by atoms with Crippen LogP contribution in [-0.2, 0) is 25.8 Å². The monoisotopic (exact) mass is 713 g/mol. The van der Waals surface area contributed by atoms with Crippen LogP contribution >= 0.6 is 34.9 Å². The molecule has 1 fully saturated rings. The zero-order chi connectivity index (χ0) is 34.3. The molecule has 0 spiro atoms. The number of nitrogens with zero attached hydrogens (tertiary/aromatic N) is 7. The minimum atomic E-state index is -1.41. The van der Waals surface area contributed by atoms with E-state index in [1.807, 2.05) is 0 Å². The van der Waals surface area contributed by atoms with E-state index in [2.05, 4.69) is 30.5 Å². The van der Waals surface area contributed by atoms with Crippen molar-refractivity contribution < 1.29 is 44.4 Å². The van der Waals surface area contributed by atoms with Crippen LogP contribution in [0, 0.1) is 6.92 Å². The predicted octanol–water partition coefficient (Wildman–Crippen LogP) is 1.03. The van der Waals surface area contributed by atoms with Crippen molar-refractivity contribution in [3.05, 3.63) is 63.7 Å². The van der Waals surface area contributed by atoms with E-state index in [1.165, 1.54) is 39.7 Å². The normalized spacial score (nSPS) is 17.6. The fourth-order valence-electron chi connectivity index (χ4n) is 4.90. The fraction of sp³-hybridized carbons (Fsp3) is 0.222. The summed E-state index contributed by atoms with van der Waals surface area (Å²) in [5.41, 5.74) is 5.64. The Bertz CT molecular complexity index is 2060. The van der Waals surface area contributed by atoms with Gasteiger partial charge in [0.05, 0.1) is 11.1 Å². The van der Waals surface area contributed by atoms with Crippen molar-refractivity contribution >= 4 is 75.2 Å². The van der Waals surface area contributed by atoms with Gasteiger partial charge < -0.3 is 36.3 Å². The molecule has 0 aliphatic carbocycles. The highest BCUT2D eigenvalue weighted by Crippen LogP contribution is 2.42. The van der Waals surface area contributed by atoms with Gasteiger partial charge in [0.2, 0.25) is 0 Å². The fourth-order valence-corrected chi connectivity index (χ4v) is 7.99. The molecule has 1 aromatic carbocycles. The smallest absolute Gasteiger partial charge is 0.352 e. The van der Waals surface area contributed by atoms with Crippen LogP contribution in [-0.4, -0.2) is 102 Å². The third kappa shape index (κ3) is 6.04. The molecule has 4 aromatic rings. The van der Waals surface area contributed by atoms with E-state index >= 15 is 0 Å². The van der Waals surface area contributed by atoms with Gasteiger partial charge in [-0.15, -0.1) is 34.9 Å². The first kappa shape index (κ1) is 32.5. The highest BCUT2D eigenvalue weighted by atomic mass is 32.2. The van der Waals surface area contributed by atoms with Gasteiger partial charge in [-0.3, -0.25) is 14.5 Å². The van der Waals surface area contributed by atoms with Gasteiger partial charge in [0.1, 0.15) is 40.8 Å². The summed E-state index contributed by atoms with van der Waals surface area (Å²) in [6.07, 6.45) is 1.36. The average molecular weight is 714 g/mol. The van der Waals surface area contributed by atoms with Gasteiger partial charge in [0.15, 0.2) is 22.3 Å². The molecule has 5 heterocycles. The number of benzene rings is 1. The lowest BCUT2D eigenvalue weighted by molar-refractivity contribution is -0.150. The summed E-state index contributed by atoms with van der Waals surface area (Å²) in [6, 6.07) is 2.72. The molecule has 0 radical (unpaired) electrons. The van der Waals surface area contributed by atoms with E-state index < -0.39 is 59.0 Å². The van der Waals surface area contributed by atoms with Crippen LogP contribution in [0.2, 0.25) is 0 Å². The number of aromatic nitrogens is 5. The lowest BCUT2D eigenvalue weighted by Crippen LogP contribution is -2.71. The molecule has 0 unspecified atom stereocenters. The highest BCUT2D eigenvalue weighted by Gasteiger charge is 2.54. The molecule has 21 heteroatoms. The molecular formula is C27H23N9O9S3. The molecule has 3 aromatic heterocycles. The summed E-state index contributed by atoms with van der Waals surface area (Å²) in [6.45, 7) is 1.14. The Balaban J connectivity index is 1.19. The van der Waals surface area contributed by atoms with E-state index in [0.29, 0.717) is 22.1 Å². The molecule has 2 aliphatic heterocycles. The number of amides is 2. The Hall–Kier alpha value is -5.41. The lowest BCUT2D eigenvalue weighted by Gasteiger charge is -2.49. The van der Waals surface area contributed by atoms with E-state index in [0.717, 1.165) is 28.4 Å². The third-order valence-electron chi connectivity index (χ3n) is 7.11. The van der Waals surface area contributed by atoms with Crippen molar-refractivity contribution in [1.29, 1.82) is 0 Å². The lowest BCUT2D eigenvalue weighted by atomic mass is 10.0. The number of oxime groups is 1. The van der Waals surface area contributed by atoms with Crippen LogP contribution in [0.1, 0.15) is 27.3 Å². The second-order valence-corrected chi connectivity index (χ2v) is 13.2. The minimum absolute atomic E-state index is 0.0215. The molecule has 0 saturated carbocycles. The Labute approximate surface area is 281 Å². The van der Waals surface area contributed by atoms with Gasteiger partial charge >= 0.3 is 11.9 Å². The summed E-state index contributed by atoms with van der Waals surface area (Å²) in [7, 11) is 0. The summed E-state index contributed by atoms with van der Waals surface area (Å²) in [5.74, 6) is -4.73. The summed E-state index contributed by atoms with van der Waals surface area (Å²) >= 11 is 3.58. The van der Waals surface area contributed by atoms with Crippen molar-refractivity contribution in [3.8, 4) is 11.5 Å². The highest BCUT2D eigenvalue weighted by molar-refractivity contribution is 8.01. The van der Waals surface area contributed by atoms with Crippen molar-refractivity contribution in [3.63, 3.8) is 0 Å². The number of aliphatic carboxylic acids is 1. The number of hydrogen-bond acceptors (Lipinski definition) is 16. The van der Waals surface area contributed by atoms with Gasteiger partial charge in [-0.2, -0.15) is 14.6 Å². The molecule has 7 N–H and O–H groups in total. The quantitative estimate of drug-likeness (QED) is 0.0316. The molecule has 6 rings (SSSR count). The maximum atomic E-state index is 13.5. The number of aryl methyl sites for hydroxylation is 1. The molecule has 1 saturated heterocycles. The number of fused-ring (bicyclic) bond motifs is 2. The molecule has 2 atom stereocenters. The number of nitrogens with one attached hydrogen (secondary N) is 1. The van der Waals surface area contributed by atoms with Gasteiger partial charge in [-0.1, -0.05) is 5.16 Å². The largest absolute Gasteiger partial charge is 0.504 e. The van der Waals surface area contributed by atoms with Crippen LogP contribution in [0.4, 0.5) is 5.13 Å². The molecule has 48 heavy (non-hydrogen) atoms. The predicted molar refractivity (Wildman–Crippen MR) is 171 cm³/mol. The van der Waals surface area contributed by atoms with Crippen LogP contribution in [0.25, 0.3) is 5.78 Å². The minimum Gasteiger partial charge on any atom is -0.504 e. The van der Waals surface area contributed by atoms with Crippen LogP contribution in [0.5, 0.6) is 11.5 Å². The van der Waals surface area contributed by atoms with Gasteiger partial charge in [-0.05, 0) is 30.7 Å². The summed E-state index contributed by atoms with van der Waals surface area (Å²) < 4.78 is 1.54. The number of carboxylic acid groups (broad SMARTS) is 2. The number of phenolic OH excluding ortho intramolecular Hbond substituents is 2. The number of aromatic carboxylic acids is 1. The number of thioether (sulfide) groups is 2. The number of phenols is 2. The summed E-state index contributed by atoms with van der Waals surface area (Å²) in [4.78, 5) is 69.6. The van der Waals surface area contributed by atoms with Gasteiger partial charge in [0.25, 0.3) is 17.6 Å². The van der Waals surface area contributed by atoms with Crippen molar-refractivity contribution in [2.24, 2.45) is 5.16 Å². The maximum absolute atomic E-state index is 13.5. The van der Waals surface area contributed by atoms with Gasteiger partial charge in [0, 0.05) is 22.6 Å². The van der Waals surface area contributed by atoms with Crippen molar-refractivity contribution in [1.82, 2.24) is 34.8 Å². The zero-order valence-electron chi connectivity index (χ0n) is 24.4. The number of carbonyl (C=O) groups excluding carboxylic acids is 2. The Morgan fingerprint density at radius 2 is 2.00 bits per heavy atom. The Kier molecular flexibility index (Phi) is 8.81. The molecule has 2 aliphatic rings. The Morgan fingerprint density at radius 3 is 2.71 bits per heavy atom. The van der Waals surface area contributed by atoms with E-state index in [9.17, 15) is 39.6 Å². The number of aromatic hydroxyl groups is 2. The first-order valence-electron chi connectivity index (χ1n) is 13.6. The standard InChI is InChI=1S/C27H23N9O9S3/c1-10-4-16(36-27(31-10)29-9-30-36)46-6-11-7-47-23-18(22(40)35(23)19(11)25(43)44)33-21(39)17(14-8-48-26(28)32-14)34-45-5-13-12(24(41)42)2-3-15(37)20(13)38/h2-4,8-9,18,23,37-38H,5-7H2,1H3,(H2,28,32)(H,33,39)(H,41,42)(H,43,44)/t18-,23-/m1/s1. The third-order valence-corrected chi connectivity index (χ3v) is 10.2. The summed E-state index contributed by atoms with van der Waals surface area (Å²) in [5, 5.41) is 51.5. The first-order chi connectivity index (χ1) is 22.9. The zero-order valence-corrected chi connectivity index (χ0v) is 26.9. The van der Waals surface area contributed by atoms with Crippen molar-refractivity contribution in [2.45, 2.75) is 30.0 Å². The number of carbonyl (C=O) groups is 4. The van der Waals surface area contributed by atoms with Crippen LogP contribution in [0.3, 0.4) is 0 Å². The topological polar surface area (TPSA) is 268 Å². The number of β-lactam (4-membered cyclic amide) rings is 1. The molecule has 248 valence electrons. The number of hydrogen-bond donors (Lipinski definition) is 6. The van der Waals surface area contributed by atoms with E-state index in [1.54, 1.807) is 13.0 Å². The van der Waals surface area contributed by atoms with E-state index in [-0.39, 0.29) is 39.2 Å². The van der Waals surface area contributed by atoms with Gasteiger partial charge in [-0.25, -0.2) is 19.6 Å². The number of thiazole rings is 1. The number of nitrogens with two attached hydrogens (primary N) is 1. The molecular weight excluding hydrogens is 691 g/mol. The first-order valence-corrected chi connectivity index (χ1v) is 16.6. The number of carboxylic acids is 2. The molecule has 0 bridgehead atoms. The second kappa shape index (κ2) is 13.0. The Morgan fingerprint density at radius 1 is 1.21 bits per heavy atom. The van der Waals surface area contributed by atoms with E-state index in [4.69, 9.17) is 10.6 Å². The van der Waals surface area contributed by atoms with Crippen molar-refractivity contribution in [2.75, 3.05) is 17.2 Å². The average Bonchev–Trinajstić information content (AvgIpc) is 3.70. The molecule has 18 nitrogen and oxygen atoms in total. The number of anilines is 1. The van der Waals surface area contributed by atoms with Crippen LogP contribution < -0.4 is 11.1 Å². The molecule has 2 amide bonds. The number of nitrogen functional groups attached to an aromatic ring is 1. The number of rotatable bonds is 11. The van der Waals surface area contributed by atoms with Crippen LogP contribution in [0.15, 0.2) is 51.4 Å². The maximum Gasteiger partial charge on any atom is 0.352 e. The SMILES string of the molecule is Cc1cc(SCC2=C(C(=O)O)N3C(=O)[C@@H](NC(=O)C(=NOCc4c(C(=O)O)ccc(O)c4O)c4csc(N)n4)[C@H]3SC2)n2ncnc2n1. The second-order valence-electron chi connectivity index (χ2n) is 10.2.